The number of pyridine rings is 1. The molecule has 5 rings (SSSR count). The van der Waals surface area contributed by atoms with Crippen LogP contribution in [0.4, 0.5) is 0 Å². The monoisotopic (exact) mass is 285 g/mol. The molecule has 3 saturated heterocycles. The fourth-order valence-electron chi connectivity index (χ4n) is 3.53. The Bertz CT molecular complexity index is 686. The van der Waals surface area contributed by atoms with Crippen molar-refractivity contribution in [3.05, 3.63) is 23.5 Å². The van der Waals surface area contributed by atoms with E-state index < -0.39 is 0 Å². The molecule has 0 aliphatic carbocycles. The highest BCUT2D eigenvalue weighted by Crippen LogP contribution is 2.30. The van der Waals surface area contributed by atoms with Gasteiger partial charge in [0.05, 0.1) is 0 Å². The number of hydrazine groups is 1. The minimum absolute atomic E-state index is 0.0300. The van der Waals surface area contributed by atoms with E-state index in [4.69, 9.17) is 0 Å². The van der Waals surface area contributed by atoms with Gasteiger partial charge in [-0.05, 0) is 37.8 Å². The van der Waals surface area contributed by atoms with E-state index in [-0.39, 0.29) is 11.7 Å². The summed E-state index contributed by atoms with van der Waals surface area (Å²) in [5.41, 5.74) is 5.55. The Hall–Kier alpha value is -1.79. The molecule has 1 unspecified atom stereocenters. The number of ketones is 1. The zero-order valence-electron chi connectivity index (χ0n) is 12.1. The SMILES string of the molecule is Cc1ccc2c(C(=O)C3CNN4CCC3CC4)[nH]nc2n1. The van der Waals surface area contributed by atoms with Gasteiger partial charge in [-0.2, -0.15) is 5.10 Å². The van der Waals surface area contributed by atoms with E-state index >= 15 is 0 Å². The molecule has 2 aromatic rings. The number of carbonyl (C=O) groups excluding carboxylic acids is 1. The zero-order valence-corrected chi connectivity index (χ0v) is 12.1. The van der Waals surface area contributed by atoms with Crippen molar-refractivity contribution in [2.75, 3.05) is 19.6 Å². The lowest BCUT2D eigenvalue weighted by molar-refractivity contribution is 0.0867. The third-order valence-corrected chi connectivity index (χ3v) is 4.78. The van der Waals surface area contributed by atoms with Crippen molar-refractivity contribution in [2.24, 2.45) is 11.8 Å². The molecule has 0 saturated carbocycles. The maximum absolute atomic E-state index is 12.9. The van der Waals surface area contributed by atoms with Gasteiger partial charge in [0.2, 0.25) is 0 Å². The number of fused-ring (bicyclic) bond motifs is 5. The number of aromatic amines is 1. The van der Waals surface area contributed by atoms with Crippen LogP contribution in [0.3, 0.4) is 0 Å². The van der Waals surface area contributed by atoms with Crippen LogP contribution in [0.25, 0.3) is 11.0 Å². The first-order chi connectivity index (χ1) is 10.2. The lowest BCUT2D eigenvalue weighted by atomic mass is 9.82. The number of carbonyl (C=O) groups is 1. The fraction of sp³-hybridized carbons (Fsp3) is 0.533. The molecule has 2 aromatic heterocycles. The normalized spacial score (nSPS) is 28.7. The molecule has 0 amide bonds. The van der Waals surface area contributed by atoms with E-state index in [2.05, 4.69) is 25.6 Å². The molecule has 3 fully saturated rings. The number of aryl methyl sites for hydroxylation is 1. The van der Waals surface area contributed by atoms with E-state index in [1.807, 2.05) is 19.1 Å². The molecular formula is C15H19N5O. The molecule has 1 atom stereocenters. The number of piperidine rings is 1. The highest BCUT2D eigenvalue weighted by Gasteiger charge is 2.36. The van der Waals surface area contributed by atoms with Crippen molar-refractivity contribution >= 4 is 16.8 Å². The van der Waals surface area contributed by atoms with Crippen molar-refractivity contribution in [2.45, 2.75) is 19.8 Å². The van der Waals surface area contributed by atoms with E-state index in [1.54, 1.807) is 0 Å². The summed E-state index contributed by atoms with van der Waals surface area (Å²) in [4.78, 5) is 17.3. The summed E-state index contributed by atoms with van der Waals surface area (Å²) in [6.45, 7) is 4.74. The Morgan fingerprint density at radius 3 is 2.95 bits per heavy atom. The lowest BCUT2D eigenvalue weighted by Gasteiger charge is -2.27. The maximum Gasteiger partial charge on any atom is 0.185 e. The van der Waals surface area contributed by atoms with Crippen LogP contribution in [0.5, 0.6) is 0 Å². The summed E-state index contributed by atoms with van der Waals surface area (Å²) in [7, 11) is 0. The Balaban J connectivity index is 1.69. The van der Waals surface area contributed by atoms with Gasteiger partial charge in [-0.25, -0.2) is 9.99 Å². The van der Waals surface area contributed by atoms with Crippen LogP contribution in [-0.2, 0) is 0 Å². The van der Waals surface area contributed by atoms with Crippen LogP contribution in [0.15, 0.2) is 12.1 Å². The topological polar surface area (TPSA) is 73.9 Å². The number of H-pyrrole nitrogens is 1. The van der Waals surface area contributed by atoms with Crippen molar-refractivity contribution in [3.8, 4) is 0 Å². The van der Waals surface area contributed by atoms with Gasteiger partial charge in [0, 0.05) is 36.6 Å². The molecule has 3 aliphatic heterocycles. The van der Waals surface area contributed by atoms with E-state index in [9.17, 15) is 4.79 Å². The molecule has 21 heavy (non-hydrogen) atoms. The van der Waals surface area contributed by atoms with Gasteiger partial charge in [-0.1, -0.05) is 0 Å². The molecular weight excluding hydrogens is 266 g/mol. The molecule has 3 aliphatic rings. The van der Waals surface area contributed by atoms with Gasteiger partial charge >= 0.3 is 0 Å². The Kier molecular flexibility index (Phi) is 3.01. The molecule has 110 valence electrons. The predicted octanol–water partition coefficient (Wildman–Crippen LogP) is 1.30. The van der Waals surface area contributed by atoms with Crippen molar-refractivity contribution in [1.82, 2.24) is 25.6 Å². The molecule has 0 aromatic carbocycles. The Morgan fingerprint density at radius 2 is 2.14 bits per heavy atom. The highest BCUT2D eigenvalue weighted by molar-refractivity contribution is 6.06. The van der Waals surface area contributed by atoms with Gasteiger partial charge in [-0.3, -0.25) is 15.3 Å². The number of hydrogen-bond donors (Lipinski definition) is 2. The second-order valence-electron chi connectivity index (χ2n) is 6.08. The summed E-state index contributed by atoms with van der Waals surface area (Å²) >= 11 is 0. The average Bonchev–Trinajstić information content (AvgIpc) is 2.68. The molecule has 0 spiro atoms. The van der Waals surface area contributed by atoms with E-state index in [1.165, 1.54) is 0 Å². The predicted molar refractivity (Wildman–Crippen MR) is 78.7 cm³/mol. The summed E-state index contributed by atoms with van der Waals surface area (Å²) in [5.74, 6) is 0.673. The molecule has 5 heterocycles. The standard InChI is InChI=1S/C15H19N5O/c1-9-2-3-11-13(18-19-15(11)17-9)14(21)12-8-16-20-6-4-10(12)5-7-20/h2-3,10,12,16H,4-8H2,1H3,(H,17,18,19). The largest absolute Gasteiger partial charge is 0.292 e. The summed E-state index contributed by atoms with van der Waals surface area (Å²) in [6, 6.07) is 3.87. The van der Waals surface area contributed by atoms with Crippen LogP contribution in [0.2, 0.25) is 0 Å². The number of nitrogens with zero attached hydrogens (tertiary/aromatic N) is 3. The molecule has 2 N–H and O–H groups in total. The van der Waals surface area contributed by atoms with Gasteiger partial charge in [0.25, 0.3) is 0 Å². The number of Topliss-reactive ketones (excluding diaryl/α,β-unsaturated/α-hetero) is 1. The first-order valence-corrected chi connectivity index (χ1v) is 7.57. The third-order valence-electron chi connectivity index (χ3n) is 4.78. The second-order valence-corrected chi connectivity index (χ2v) is 6.08. The lowest BCUT2D eigenvalue weighted by Crippen LogP contribution is -2.39. The quantitative estimate of drug-likeness (QED) is 0.814. The molecule has 6 heteroatoms. The van der Waals surface area contributed by atoms with Gasteiger partial charge < -0.3 is 0 Å². The summed E-state index contributed by atoms with van der Waals surface area (Å²) in [6.07, 6.45) is 2.18. The second kappa shape index (κ2) is 4.89. The minimum Gasteiger partial charge on any atom is -0.292 e. The summed E-state index contributed by atoms with van der Waals surface area (Å²) < 4.78 is 0. The zero-order chi connectivity index (χ0) is 14.4. The van der Waals surface area contributed by atoms with Crippen LogP contribution in [-0.4, -0.2) is 45.6 Å². The number of rotatable bonds is 2. The number of hydrogen-bond acceptors (Lipinski definition) is 5. The molecule has 0 radical (unpaired) electrons. The summed E-state index contributed by atoms with van der Waals surface area (Å²) in [5, 5.41) is 10.2. The fourth-order valence-corrected chi connectivity index (χ4v) is 3.53. The van der Waals surface area contributed by atoms with Crippen molar-refractivity contribution < 1.29 is 4.79 Å². The highest BCUT2D eigenvalue weighted by atomic mass is 16.1. The molecule has 2 bridgehead atoms. The van der Waals surface area contributed by atoms with Crippen LogP contribution >= 0.6 is 0 Å². The first-order valence-electron chi connectivity index (χ1n) is 7.57. The number of nitrogens with one attached hydrogen (secondary N) is 2. The van der Waals surface area contributed by atoms with Crippen molar-refractivity contribution in [3.63, 3.8) is 0 Å². The van der Waals surface area contributed by atoms with Gasteiger partial charge in [0.15, 0.2) is 11.4 Å². The first kappa shape index (κ1) is 12.9. The Labute approximate surface area is 122 Å². The number of aromatic nitrogens is 3. The molecule has 6 nitrogen and oxygen atoms in total. The average molecular weight is 285 g/mol. The van der Waals surface area contributed by atoms with E-state index in [0.717, 1.165) is 43.6 Å². The van der Waals surface area contributed by atoms with E-state index in [0.29, 0.717) is 17.3 Å². The van der Waals surface area contributed by atoms with Crippen LogP contribution in [0.1, 0.15) is 29.0 Å². The smallest absolute Gasteiger partial charge is 0.185 e. The van der Waals surface area contributed by atoms with Crippen LogP contribution < -0.4 is 5.43 Å². The van der Waals surface area contributed by atoms with Gasteiger partial charge in [0.1, 0.15) is 5.69 Å². The Morgan fingerprint density at radius 1 is 1.33 bits per heavy atom. The van der Waals surface area contributed by atoms with Gasteiger partial charge in [-0.15, -0.1) is 0 Å². The maximum atomic E-state index is 12.9. The van der Waals surface area contributed by atoms with Crippen molar-refractivity contribution in [1.29, 1.82) is 0 Å². The minimum atomic E-state index is 0.0300. The van der Waals surface area contributed by atoms with Crippen LogP contribution in [0, 0.1) is 18.8 Å². The third kappa shape index (κ3) is 2.15.